The summed E-state index contributed by atoms with van der Waals surface area (Å²) in [6.07, 6.45) is 1.12. The Balaban J connectivity index is 2.35. The van der Waals surface area contributed by atoms with E-state index in [0.717, 1.165) is 5.56 Å². The van der Waals surface area contributed by atoms with Gasteiger partial charge in [-0.15, -0.1) is 0 Å². The number of aryl methyl sites for hydroxylation is 2. The van der Waals surface area contributed by atoms with Crippen molar-refractivity contribution in [2.75, 3.05) is 13.1 Å². The summed E-state index contributed by atoms with van der Waals surface area (Å²) in [4.78, 5) is 11.3. The van der Waals surface area contributed by atoms with Gasteiger partial charge in [0.2, 0.25) is 10.0 Å². The Morgan fingerprint density at radius 1 is 1.35 bits per heavy atom. The van der Waals surface area contributed by atoms with Gasteiger partial charge in [0.1, 0.15) is 0 Å². The summed E-state index contributed by atoms with van der Waals surface area (Å²) in [5, 5.41) is 9.07. The van der Waals surface area contributed by atoms with Crippen LogP contribution in [0.1, 0.15) is 24.0 Å². The molecule has 1 saturated heterocycles. The number of aliphatic carboxylic acids is 1. The van der Waals surface area contributed by atoms with Gasteiger partial charge in [-0.1, -0.05) is 12.1 Å². The number of hydrogen-bond acceptors (Lipinski definition) is 3. The third-order valence-corrected chi connectivity index (χ3v) is 5.70. The van der Waals surface area contributed by atoms with Crippen LogP contribution in [0, 0.1) is 19.8 Å². The van der Waals surface area contributed by atoms with E-state index >= 15 is 0 Å². The third-order valence-electron chi connectivity index (χ3n) is 3.69. The number of nitrogens with zero attached hydrogens (tertiary/aromatic N) is 1. The first-order valence-corrected chi connectivity index (χ1v) is 8.06. The minimum atomic E-state index is -3.61. The van der Waals surface area contributed by atoms with E-state index in [9.17, 15) is 13.2 Å². The van der Waals surface area contributed by atoms with Gasteiger partial charge >= 0.3 is 5.97 Å². The van der Waals surface area contributed by atoms with Crippen molar-refractivity contribution in [2.45, 2.75) is 31.6 Å². The van der Waals surface area contributed by atoms with Crippen LogP contribution in [0.2, 0.25) is 0 Å². The van der Waals surface area contributed by atoms with E-state index in [1.165, 1.54) is 4.31 Å². The average Bonchev–Trinajstić information content (AvgIpc) is 2.41. The summed E-state index contributed by atoms with van der Waals surface area (Å²) in [7, 11) is -3.61. The minimum absolute atomic E-state index is 0.0606. The van der Waals surface area contributed by atoms with Gasteiger partial charge in [0.15, 0.2) is 0 Å². The molecule has 1 aliphatic heterocycles. The van der Waals surface area contributed by atoms with Crippen LogP contribution >= 0.6 is 0 Å². The molecular weight excluding hydrogens is 278 g/mol. The Labute approximate surface area is 119 Å². The zero-order chi connectivity index (χ0) is 14.9. The summed E-state index contributed by atoms with van der Waals surface area (Å²) in [6, 6.07) is 5.29. The zero-order valence-corrected chi connectivity index (χ0v) is 12.5. The molecule has 0 aliphatic carbocycles. The number of sulfonamides is 1. The molecule has 0 saturated carbocycles. The quantitative estimate of drug-likeness (QED) is 0.923. The van der Waals surface area contributed by atoms with Gasteiger partial charge in [-0.3, -0.25) is 4.79 Å². The van der Waals surface area contributed by atoms with Crippen LogP contribution in [0.4, 0.5) is 0 Å². The van der Waals surface area contributed by atoms with Gasteiger partial charge in [0.25, 0.3) is 0 Å². The Kier molecular flexibility index (Phi) is 4.15. The van der Waals surface area contributed by atoms with Gasteiger partial charge in [0.05, 0.1) is 10.8 Å². The molecule has 1 aliphatic rings. The van der Waals surface area contributed by atoms with Crippen LogP contribution < -0.4 is 0 Å². The van der Waals surface area contributed by atoms with Crippen molar-refractivity contribution in [3.05, 3.63) is 29.3 Å². The smallest absolute Gasteiger partial charge is 0.307 e. The maximum Gasteiger partial charge on any atom is 0.307 e. The van der Waals surface area contributed by atoms with Crippen LogP contribution in [-0.4, -0.2) is 36.9 Å². The molecule has 110 valence electrons. The van der Waals surface area contributed by atoms with Gasteiger partial charge in [-0.25, -0.2) is 8.42 Å². The van der Waals surface area contributed by atoms with Crippen LogP contribution in [-0.2, 0) is 14.8 Å². The Morgan fingerprint density at radius 2 is 2.05 bits per heavy atom. The lowest BCUT2D eigenvalue weighted by Gasteiger charge is -2.30. The second-order valence-electron chi connectivity index (χ2n) is 5.31. The molecule has 1 N–H and O–H groups in total. The minimum Gasteiger partial charge on any atom is -0.481 e. The van der Waals surface area contributed by atoms with Crippen molar-refractivity contribution in [1.82, 2.24) is 4.31 Å². The topological polar surface area (TPSA) is 74.7 Å². The lowest BCUT2D eigenvalue weighted by atomic mass is 10.0. The molecule has 6 heteroatoms. The highest BCUT2D eigenvalue weighted by Crippen LogP contribution is 2.26. The SMILES string of the molecule is Cc1ccc(C)c(S(=O)(=O)N2CCC[C@@H](C(=O)O)C2)c1. The first-order chi connectivity index (χ1) is 9.32. The fourth-order valence-corrected chi connectivity index (χ4v) is 4.32. The molecule has 1 aromatic carbocycles. The predicted octanol–water partition coefficient (Wildman–Crippen LogP) is 1.79. The molecule has 1 fully saturated rings. The second-order valence-corrected chi connectivity index (χ2v) is 7.22. The van der Waals surface area contributed by atoms with E-state index in [1.807, 2.05) is 13.0 Å². The Bertz CT molecular complexity index is 624. The van der Waals surface area contributed by atoms with Gasteiger partial charge in [-0.05, 0) is 43.9 Å². The van der Waals surface area contributed by atoms with E-state index in [2.05, 4.69) is 0 Å². The Hall–Kier alpha value is -1.40. The first kappa shape index (κ1) is 15.0. The third kappa shape index (κ3) is 2.86. The number of carbonyl (C=O) groups is 1. The van der Waals surface area contributed by atoms with Crippen molar-refractivity contribution in [3.8, 4) is 0 Å². The molecule has 0 aromatic heterocycles. The molecule has 0 bridgehead atoms. The normalized spacial score (nSPS) is 20.8. The van der Waals surface area contributed by atoms with Gasteiger partial charge in [0, 0.05) is 13.1 Å². The number of piperidine rings is 1. The number of carboxylic acids is 1. The number of carboxylic acid groups (broad SMARTS) is 1. The molecule has 0 unspecified atom stereocenters. The first-order valence-electron chi connectivity index (χ1n) is 6.62. The molecular formula is C14H19NO4S. The molecule has 0 radical (unpaired) electrons. The Morgan fingerprint density at radius 3 is 2.70 bits per heavy atom. The summed E-state index contributed by atoms with van der Waals surface area (Å²) < 4.78 is 26.6. The fourth-order valence-electron chi connectivity index (χ4n) is 2.49. The van der Waals surface area contributed by atoms with Crippen molar-refractivity contribution < 1.29 is 18.3 Å². The fraction of sp³-hybridized carbons (Fsp3) is 0.500. The van der Waals surface area contributed by atoms with Gasteiger partial charge in [-0.2, -0.15) is 4.31 Å². The summed E-state index contributed by atoms with van der Waals surface area (Å²) in [5.41, 5.74) is 1.56. The largest absolute Gasteiger partial charge is 0.481 e. The van der Waals surface area contributed by atoms with E-state index in [1.54, 1.807) is 19.1 Å². The maximum absolute atomic E-state index is 12.7. The maximum atomic E-state index is 12.7. The van der Waals surface area contributed by atoms with Crippen LogP contribution in [0.3, 0.4) is 0 Å². The van der Waals surface area contributed by atoms with Crippen LogP contribution in [0.25, 0.3) is 0 Å². The molecule has 2 rings (SSSR count). The summed E-state index contributed by atoms with van der Waals surface area (Å²) in [6.45, 7) is 4.05. The molecule has 20 heavy (non-hydrogen) atoms. The van der Waals surface area contributed by atoms with E-state index < -0.39 is 21.9 Å². The van der Waals surface area contributed by atoms with E-state index in [4.69, 9.17) is 5.11 Å². The molecule has 0 amide bonds. The van der Waals surface area contributed by atoms with E-state index in [-0.39, 0.29) is 11.4 Å². The standard InChI is InChI=1S/C14H19NO4S/c1-10-5-6-11(2)13(8-10)20(18,19)15-7-3-4-12(9-15)14(16)17/h5-6,8,12H,3-4,7,9H2,1-2H3,(H,16,17)/t12-/m1/s1. The van der Waals surface area contributed by atoms with E-state index in [0.29, 0.717) is 24.9 Å². The monoisotopic (exact) mass is 297 g/mol. The molecule has 0 spiro atoms. The summed E-state index contributed by atoms with van der Waals surface area (Å²) >= 11 is 0. The van der Waals surface area contributed by atoms with Gasteiger partial charge < -0.3 is 5.11 Å². The van der Waals surface area contributed by atoms with Crippen molar-refractivity contribution in [2.24, 2.45) is 5.92 Å². The molecule has 5 nitrogen and oxygen atoms in total. The highest BCUT2D eigenvalue weighted by atomic mass is 32.2. The highest BCUT2D eigenvalue weighted by molar-refractivity contribution is 7.89. The lowest BCUT2D eigenvalue weighted by Crippen LogP contribution is -2.42. The zero-order valence-electron chi connectivity index (χ0n) is 11.7. The highest BCUT2D eigenvalue weighted by Gasteiger charge is 2.33. The summed E-state index contributed by atoms with van der Waals surface area (Å²) in [5.74, 6) is -1.53. The van der Waals surface area contributed by atoms with Crippen molar-refractivity contribution in [3.63, 3.8) is 0 Å². The van der Waals surface area contributed by atoms with Crippen LogP contribution in [0.15, 0.2) is 23.1 Å². The molecule has 1 atom stereocenters. The number of benzene rings is 1. The second kappa shape index (κ2) is 5.54. The predicted molar refractivity (Wildman–Crippen MR) is 75.0 cm³/mol. The number of rotatable bonds is 3. The lowest BCUT2D eigenvalue weighted by molar-refractivity contribution is -0.142. The average molecular weight is 297 g/mol. The molecule has 1 aromatic rings. The van der Waals surface area contributed by atoms with Crippen molar-refractivity contribution in [1.29, 1.82) is 0 Å². The van der Waals surface area contributed by atoms with Crippen LogP contribution in [0.5, 0.6) is 0 Å². The molecule has 1 heterocycles. The van der Waals surface area contributed by atoms with Crippen molar-refractivity contribution >= 4 is 16.0 Å². The number of hydrogen-bond donors (Lipinski definition) is 1.